The summed E-state index contributed by atoms with van der Waals surface area (Å²) in [6.45, 7) is -2.56. The molecular formula is C20H19N5O2S. The first kappa shape index (κ1) is 14.8. The van der Waals surface area contributed by atoms with Crippen LogP contribution < -0.4 is 15.0 Å². The van der Waals surface area contributed by atoms with Crippen molar-refractivity contribution in [1.82, 2.24) is 20.5 Å². The molecule has 0 saturated heterocycles. The Morgan fingerprint density at radius 2 is 2.11 bits per heavy atom. The number of ether oxygens (including phenoxy) is 1. The second kappa shape index (κ2) is 7.77. The van der Waals surface area contributed by atoms with E-state index in [1.165, 1.54) is 0 Å². The molecule has 8 heteroatoms. The Bertz CT molecular complexity index is 1100. The van der Waals surface area contributed by atoms with Crippen LogP contribution in [0.25, 0.3) is 0 Å². The lowest BCUT2D eigenvalue weighted by Crippen LogP contribution is -2.48. The van der Waals surface area contributed by atoms with Crippen LogP contribution in [-0.2, 0) is 6.42 Å². The quantitative estimate of drug-likeness (QED) is 0.659. The summed E-state index contributed by atoms with van der Waals surface area (Å²) in [6.07, 6.45) is 0.494. The molecule has 0 spiro atoms. The molecule has 0 radical (unpaired) electrons. The average molecular weight is 396 g/mol. The molecule has 4 rings (SSSR count). The SMILES string of the molecule is [2H]C([2H])([2H])N1C(=S)[C@@H](NC(=O)c2n[nH]c(Cc3ccccc3)n2)COc2ccccc21. The summed E-state index contributed by atoms with van der Waals surface area (Å²) in [4.78, 5) is 18.0. The van der Waals surface area contributed by atoms with Gasteiger partial charge < -0.3 is 15.0 Å². The number of likely N-dealkylation sites (N-methyl/N-ethyl adjacent to an activating group) is 1. The number of rotatable bonds is 4. The van der Waals surface area contributed by atoms with Crippen LogP contribution in [-0.4, -0.2) is 45.7 Å². The lowest BCUT2D eigenvalue weighted by molar-refractivity contribution is 0.0927. The number of carbonyl (C=O) groups excluding carboxylic acids is 1. The smallest absolute Gasteiger partial charge is 0.291 e. The van der Waals surface area contributed by atoms with Crippen molar-refractivity contribution >= 4 is 28.8 Å². The molecule has 0 unspecified atom stereocenters. The summed E-state index contributed by atoms with van der Waals surface area (Å²) in [5, 5.41) is 9.43. The molecular weight excluding hydrogens is 374 g/mol. The minimum Gasteiger partial charge on any atom is -0.489 e. The van der Waals surface area contributed by atoms with Crippen LogP contribution in [0, 0.1) is 0 Å². The number of hydrogen-bond acceptors (Lipinski definition) is 5. The zero-order chi connectivity index (χ0) is 22.0. The van der Waals surface area contributed by atoms with Crippen LogP contribution in [0.2, 0.25) is 0 Å². The highest BCUT2D eigenvalue weighted by molar-refractivity contribution is 7.80. The highest BCUT2D eigenvalue weighted by atomic mass is 32.1. The number of anilines is 1. The van der Waals surface area contributed by atoms with Gasteiger partial charge in [-0.25, -0.2) is 4.98 Å². The Morgan fingerprint density at radius 1 is 1.32 bits per heavy atom. The van der Waals surface area contributed by atoms with Gasteiger partial charge in [0.1, 0.15) is 29.2 Å². The van der Waals surface area contributed by atoms with Crippen molar-refractivity contribution in [2.24, 2.45) is 0 Å². The molecule has 7 nitrogen and oxygen atoms in total. The number of para-hydroxylation sites is 2. The average Bonchev–Trinajstić information content (AvgIpc) is 3.14. The fourth-order valence-corrected chi connectivity index (χ4v) is 3.10. The van der Waals surface area contributed by atoms with Crippen LogP contribution in [0.3, 0.4) is 0 Å². The van der Waals surface area contributed by atoms with Crippen molar-refractivity contribution in [3.8, 4) is 5.75 Å². The van der Waals surface area contributed by atoms with Crippen molar-refractivity contribution < 1.29 is 13.6 Å². The monoisotopic (exact) mass is 396 g/mol. The van der Waals surface area contributed by atoms with E-state index >= 15 is 0 Å². The van der Waals surface area contributed by atoms with E-state index in [1.54, 1.807) is 24.3 Å². The normalized spacial score (nSPS) is 18.1. The van der Waals surface area contributed by atoms with Gasteiger partial charge in [0.05, 0.1) is 5.69 Å². The van der Waals surface area contributed by atoms with E-state index in [0.29, 0.717) is 23.7 Å². The van der Waals surface area contributed by atoms with Crippen LogP contribution >= 0.6 is 12.2 Å². The Morgan fingerprint density at radius 3 is 2.93 bits per heavy atom. The summed E-state index contributed by atoms with van der Waals surface area (Å²) >= 11 is 5.44. The van der Waals surface area contributed by atoms with Crippen molar-refractivity contribution in [1.29, 1.82) is 0 Å². The molecule has 1 aliphatic heterocycles. The van der Waals surface area contributed by atoms with Gasteiger partial charge in [-0.1, -0.05) is 54.7 Å². The highest BCUT2D eigenvalue weighted by Gasteiger charge is 2.28. The van der Waals surface area contributed by atoms with Gasteiger partial charge in [-0.15, -0.1) is 5.10 Å². The number of hydrogen-bond donors (Lipinski definition) is 2. The zero-order valence-corrected chi connectivity index (χ0v) is 15.6. The molecule has 1 aliphatic rings. The van der Waals surface area contributed by atoms with E-state index in [0.717, 1.165) is 10.5 Å². The number of aromatic amines is 1. The summed E-state index contributed by atoms with van der Waals surface area (Å²) in [5.41, 5.74) is 1.35. The number of H-pyrrole nitrogens is 1. The lowest BCUT2D eigenvalue weighted by Gasteiger charge is -2.23. The molecule has 0 fully saturated rings. The summed E-state index contributed by atoms with van der Waals surface area (Å²) < 4.78 is 29.5. The third-order valence-electron chi connectivity index (χ3n) is 4.28. The molecule has 0 aliphatic carbocycles. The van der Waals surface area contributed by atoms with Crippen LogP contribution in [0.4, 0.5) is 5.69 Å². The maximum absolute atomic E-state index is 12.7. The van der Waals surface area contributed by atoms with Crippen LogP contribution in [0.1, 0.15) is 26.1 Å². The standard InChI is InChI=1S/C20H19N5O2S/c1-25-15-9-5-6-10-16(15)27-12-14(20(25)28)21-19(26)18-22-17(23-24-18)11-13-7-3-2-4-8-13/h2-10,14H,11-12H2,1H3,(H,21,26)(H,22,23,24)/t14-/m0/s1/i1D3. The van der Waals surface area contributed by atoms with E-state index in [1.807, 2.05) is 30.3 Å². The second-order valence-corrected chi connectivity index (χ2v) is 6.66. The number of fused-ring (bicyclic) bond motifs is 1. The second-order valence-electron chi connectivity index (χ2n) is 6.25. The van der Waals surface area contributed by atoms with Gasteiger partial charge in [0.15, 0.2) is 0 Å². The summed E-state index contributed by atoms with van der Waals surface area (Å²) in [7, 11) is 0. The van der Waals surface area contributed by atoms with Gasteiger partial charge in [-0.2, -0.15) is 0 Å². The number of nitrogens with zero attached hydrogens (tertiary/aromatic N) is 3. The first-order valence-corrected chi connectivity index (χ1v) is 9.06. The van der Waals surface area contributed by atoms with Gasteiger partial charge in [-0.3, -0.25) is 9.89 Å². The minimum atomic E-state index is -2.54. The third-order valence-corrected chi connectivity index (χ3v) is 4.75. The molecule has 1 aromatic heterocycles. The minimum absolute atomic E-state index is 0.0184. The molecule has 0 saturated carbocycles. The van der Waals surface area contributed by atoms with Crippen molar-refractivity contribution in [2.45, 2.75) is 12.5 Å². The van der Waals surface area contributed by atoms with Gasteiger partial charge >= 0.3 is 0 Å². The Balaban J connectivity index is 1.51. The number of carbonyl (C=O) groups is 1. The molecule has 28 heavy (non-hydrogen) atoms. The predicted molar refractivity (Wildman–Crippen MR) is 110 cm³/mol. The maximum Gasteiger partial charge on any atom is 0.291 e. The molecule has 0 bridgehead atoms. The van der Waals surface area contributed by atoms with Gasteiger partial charge in [0, 0.05) is 17.5 Å². The fraction of sp³-hybridized carbons (Fsp3) is 0.200. The van der Waals surface area contributed by atoms with Gasteiger partial charge in [0.25, 0.3) is 5.91 Å². The molecule has 2 heterocycles. The Labute approximate surface area is 172 Å². The number of amides is 1. The molecule has 1 amide bonds. The molecule has 142 valence electrons. The molecule has 3 aromatic rings. The number of benzene rings is 2. The fourth-order valence-electron chi connectivity index (χ4n) is 2.87. The summed E-state index contributed by atoms with van der Waals surface area (Å²) in [6, 6.07) is 15.5. The Kier molecular flexibility index (Phi) is 4.10. The summed E-state index contributed by atoms with van der Waals surface area (Å²) in [5.74, 6) is 0.271. The van der Waals surface area contributed by atoms with Gasteiger partial charge in [-0.05, 0) is 17.7 Å². The maximum atomic E-state index is 12.7. The zero-order valence-electron chi connectivity index (χ0n) is 17.8. The van der Waals surface area contributed by atoms with Crippen LogP contribution in [0.15, 0.2) is 54.6 Å². The predicted octanol–water partition coefficient (Wildman–Crippen LogP) is 2.35. The highest BCUT2D eigenvalue weighted by Crippen LogP contribution is 2.30. The van der Waals surface area contributed by atoms with Crippen molar-refractivity contribution in [3.05, 3.63) is 71.8 Å². The van der Waals surface area contributed by atoms with E-state index < -0.39 is 18.9 Å². The van der Waals surface area contributed by atoms with Crippen LogP contribution in [0.5, 0.6) is 5.75 Å². The lowest BCUT2D eigenvalue weighted by atomic mass is 10.1. The van der Waals surface area contributed by atoms with Crippen molar-refractivity contribution in [2.75, 3.05) is 18.5 Å². The largest absolute Gasteiger partial charge is 0.489 e. The van der Waals surface area contributed by atoms with E-state index in [9.17, 15) is 4.79 Å². The van der Waals surface area contributed by atoms with Crippen molar-refractivity contribution in [3.63, 3.8) is 0 Å². The number of aromatic nitrogens is 3. The molecule has 1 atom stereocenters. The molecule has 2 aromatic carbocycles. The molecule has 2 N–H and O–H groups in total. The number of nitrogens with one attached hydrogen (secondary N) is 2. The Hall–Kier alpha value is -3.26. The number of thiocarbonyl (C=S) groups is 1. The first-order chi connectivity index (χ1) is 14.8. The van der Waals surface area contributed by atoms with E-state index in [4.69, 9.17) is 21.1 Å². The van der Waals surface area contributed by atoms with E-state index in [-0.39, 0.29) is 17.4 Å². The van der Waals surface area contributed by atoms with Gasteiger partial charge in [0.2, 0.25) is 5.82 Å². The third kappa shape index (κ3) is 3.72. The first-order valence-electron chi connectivity index (χ1n) is 10.1. The topological polar surface area (TPSA) is 83.1 Å². The van der Waals surface area contributed by atoms with E-state index in [2.05, 4.69) is 20.5 Å².